The van der Waals surface area contributed by atoms with Gasteiger partial charge in [0, 0.05) is 24.6 Å². The van der Waals surface area contributed by atoms with Gasteiger partial charge >= 0.3 is 12.0 Å². The van der Waals surface area contributed by atoms with Crippen LogP contribution in [0.2, 0.25) is 0 Å². The number of amides is 2. The SMILES string of the molecule is Cc1cccc(NC(=O)N2CCCC(Oc3ncccn3)C2)c1. The summed E-state index contributed by atoms with van der Waals surface area (Å²) >= 11 is 0. The number of rotatable bonds is 3. The molecule has 1 saturated heterocycles. The van der Waals surface area contributed by atoms with Gasteiger partial charge in [0.2, 0.25) is 0 Å². The van der Waals surface area contributed by atoms with Crippen LogP contribution in [0, 0.1) is 6.92 Å². The van der Waals surface area contributed by atoms with Crippen LogP contribution >= 0.6 is 0 Å². The number of aromatic nitrogens is 2. The second-order valence-corrected chi connectivity index (χ2v) is 5.66. The number of benzene rings is 1. The minimum Gasteiger partial charge on any atom is -0.458 e. The Hall–Kier alpha value is -2.63. The molecule has 1 aromatic heterocycles. The number of ether oxygens (including phenoxy) is 1. The molecule has 1 N–H and O–H groups in total. The van der Waals surface area contributed by atoms with Crippen LogP contribution in [0.4, 0.5) is 10.5 Å². The third-order valence-corrected chi connectivity index (χ3v) is 3.75. The maximum Gasteiger partial charge on any atom is 0.321 e. The van der Waals surface area contributed by atoms with Crippen LogP contribution in [0.15, 0.2) is 42.7 Å². The molecular formula is C17H20N4O2. The van der Waals surface area contributed by atoms with Crippen molar-refractivity contribution >= 4 is 11.7 Å². The van der Waals surface area contributed by atoms with Gasteiger partial charge in [0.25, 0.3) is 0 Å². The highest BCUT2D eigenvalue weighted by molar-refractivity contribution is 5.89. The minimum absolute atomic E-state index is 0.0746. The number of carbonyl (C=O) groups excluding carboxylic acids is 1. The van der Waals surface area contributed by atoms with Gasteiger partial charge in [-0.1, -0.05) is 12.1 Å². The van der Waals surface area contributed by atoms with Crippen LogP contribution in [-0.2, 0) is 0 Å². The average molecular weight is 312 g/mol. The lowest BCUT2D eigenvalue weighted by Crippen LogP contribution is -2.46. The van der Waals surface area contributed by atoms with E-state index in [4.69, 9.17) is 4.74 Å². The molecule has 23 heavy (non-hydrogen) atoms. The van der Waals surface area contributed by atoms with Crippen LogP contribution in [-0.4, -0.2) is 40.1 Å². The summed E-state index contributed by atoms with van der Waals surface area (Å²) in [5, 5.41) is 2.94. The fourth-order valence-corrected chi connectivity index (χ4v) is 2.64. The van der Waals surface area contributed by atoms with Crippen LogP contribution in [0.5, 0.6) is 6.01 Å². The van der Waals surface area contributed by atoms with E-state index >= 15 is 0 Å². The fourth-order valence-electron chi connectivity index (χ4n) is 2.64. The molecule has 1 aliphatic heterocycles. The van der Waals surface area contributed by atoms with Crippen molar-refractivity contribution in [2.75, 3.05) is 18.4 Å². The van der Waals surface area contributed by atoms with E-state index in [0.717, 1.165) is 30.6 Å². The highest BCUT2D eigenvalue weighted by Gasteiger charge is 2.25. The molecule has 1 aliphatic rings. The number of piperidine rings is 1. The Morgan fingerprint density at radius 2 is 2.13 bits per heavy atom. The monoisotopic (exact) mass is 312 g/mol. The van der Waals surface area contributed by atoms with Crippen LogP contribution in [0.25, 0.3) is 0 Å². The Morgan fingerprint density at radius 3 is 2.91 bits per heavy atom. The summed E-state index contributed by atoms with van der Waals surface area (Å²) in [6.45, 7) is 3.27. The van der Waals surface area contributed by atoms with Crippen molar-refractivity contribution in [1.29, 1.82) is 0 Å². The summed E-state index contributed by atoms with van der Waals surface area (Å²) in [7, 11) is 0. The van der Waals surface area contributed by atoms with Gasteiger partial charge in [0.1, 0.15) is 6.10 Å². The third kappa shape index (κ3) is 4.18. The fraction of sp³-hybridized carbons (Fsp3) is 0.353. The minimum atomic E-state index is -0.0992. The Labute approximate surface area is 135 Å². The van der Waals surface area contributed by atoms with Gasteiger partial charge in [-0.05, 0) is 43.5 Å². The van der Waals surface area contributed by atoms with Crippen molar-refractivity contribution in [2.24, 2.45) is 0 Å². The molecule has 1 fully saturated rings. The number of anilines is 1. The van der Waals surface area contributed by atoms with Crippen LogP contribution in [0.3, 0.4) is 0 Å². The maximum atomic E-state index is 12.4. The van der Waals surface area contributed by atoms with E-state index < -0.39 is 0 Å². The van der Waals surface area contributed by atoms with Gasteiger partial charge in [-0.3, -0.25) is 0 Å². The number of nitrogens with one attached hydrogen (secondary N) is 1. The van der Waals surface area contributed by atoms with Crippen LogP contribution < -0.4 is 10.1 Å². The molecule has 0 radical (unpaired) electrons. The van der Waals surface area contributed by atoms with Gasteiger partial charge in [0.05, 0.1) is 6.54 Å². The standard InChI is InChI=1S/C17H20N4O2/c1-13-5-2-6-14(11-13)20-17(22)21-10-3-7-15(12-21)23-16-18-8-4-9-19-16/h2,4-6,8-9,11,15H,3,7,10,12H2,1H3,(H,20,22). The smallest absolute Gasteiger partial charge is 0.321 e. The van der Waals surface area contributed by atoms with E-state index in [2.05, 4.69) is 15.3 Å². The third-order valence-electron chi connectivity index (χ3n) is 3.75. The van der Waals surface area contributed by atoms with Crippen LogP contribution in [0.1, 0.15) is 18.4 Å². The van der Waals surface area contributed by atoms with Crippen molar-refractivity contribution in [1.82, 2.24) is 14.9 Å². The van der Waals surface area contributed by atoms with E-state index in [1.165, 1.54) is 0 Å². The molecule has 0 spiro atoms. The number of nitrogens with zero attached hydrogens (tertiary/aromatic N) is 3. The predicted molar refractivity (Wildman–Crippen MR) is 87.5 cm³/mol. The van der Waals surface area contributed by atoms with Gasteiger partial charge in [-0.2, -0.15) is 0 Å². The molecule has 1 atom stereocenters. The Balaban J connectivity index is 1.58. The lowest BCUT2D eigenvalue weighted by Gasteiger charge is -2.32. The molecule has 2 heterocycles. The van der Waals surface area contributed by atoms with E-state index in [0.29, 0.717) is 12.6 Å². The number of hydrogen-bond acceptors (Lipinski definition) is 4. The second kappa shape index (κ2) is 7.09. The summed E-state index contributed by atoms with van der Waals surface area (Å²) in [6, 6.07) is 9.78. The first-order valence-corrected chi connectivity index (χ1v) is 7.77. The summed E-state index contributed by atoms with van der Waals surface area (Å²) < 4.78 is 5.76. The molecule has 1 aromatic carbocycles. The lowest BCUT2D eigenvalue weighted by atomic mass is 10.1. The topological polar surface area (TPSA) is 67.4 Å². The van der Waals surface area contributed by atoms with Gasteiger partial charge in [0.15, 0.2) is 0 Å². The number of urea groups is 1. The molecule has 0 bridgehead atoms. The lowest BCUT2D eigenvalue weighted by molar-refractivity contribution is 0.0983. The van der Waals surface area contributed by atoms with E-state index in [-0.39, 0.29) is 12.1 Å². The molecule has 0 saturated carbocycles. The molecule has 0 aliphatic carbocycles. The zero-order valence-corrected chi connectivity index (χ0v) is 13.1. The normalized spacial score (nSPS) is 17.6. The van der Waals surface area contributed by atoms with E-state index in [1.54, 1.807) is 23.4 Å². The maximum absolute atomic E-state index is 12.4. The summed E-state index contributed by atoms with van der Waals surface area (Å²) in [5.41, 5.74) is 1.92. The number of aryl methyl sites for hydroxylation is 1. The second-order valence-electron chi connectivity index (χ2n) is 5.66. The first-order valence-electron chi connectivity index (χ1n) is 7.77. The number of likely N-dealkylation sites (tertiary alicyclic amines) is 1. The molecule has 2 aromatic rings. The predicted octanol–water partition coefficient (Wildman–Crippen LogP) is 2.86. The quantitative estimate of drug-likeness (QED) is 0.946. The molecule has 1 unspecified atom stereocenters. The summed E-state index contributed by atoms with van der Waals surface area (Å²) in [5.74, 6) is 0. The molecular weight excluding hydrogens is 292 g/mol. The largest absolute Gasteiger partial charge is 0.458 e. The first kappa shape index (κ1) is 15.3. The van der Waals surface area contributed by atoms with Crippen molar-refractivity contribution in [3.8, 4) is 6.01 Å². The van der Waals surface area contributed by atoms with Crippen molar-refractivity contribution < 1.29 is 9.53 Å². The Morgan fingerprint density at radius 1 is 1.30 bits per heavy atom. The average Bonchev–Trinajstić information content (AvgIpc) is 2.56. The molecule has 6 heteroatoms. The van der Waals surface area contributed by atoms with E-state index in [1.807, 2.05) is 31.2 Å². The van der Waals surface area contributed by atoms with Crippen molar-refractivity contribution in [3.63, 3.8) is 0 Å². The molecule has 2 amide bonds. The zero-order chi connectivity index (χ0) is 16.1. The molecule has 6 nitrogen and oxygen atoms in total. The first-order chi connectivity index (χ1) is 11.2. The van der Waals surface area contributed by atoms with Gasteiger partial charge in [-0.25, -0.2) is 14.8 Å². The van der Waals surface area contributed by atoms with Gasteiger partial charge < -0.3 is 15.0 Å². The van der Waals surface area contributed by atoms with Gasteiger partial charge in [-0.15, -0.1) is 0 Å². The zero-order valence-electron chi connectivity index (χ0n) is 13.1. The van der Waals surface area contributed by atoms with Crippen molar-refractivity contribution in [3.05, 3.63) is 48.3 Å². The molecule has 3 rings (SSSR count). The van der Waals surface area contributed by atoms with E-state index in [9.17, 15) is 4.79 Å². The number of carbonyl (C=O) groups is 1. The van der Waals surface area contributed by atoms with Crippen molar-refractivity contribution in [2.45, 2.75) is 25.9 Å². The summed E-state index contributed by atoms with van der Waals surface area (Å²) in [6.07, 6.45) is 5.01. The Bertz CT molecular complexity index is 663. The Kier molecular flexibility index (Phi) is 4.71. The highest BCUT2D eigenvalue weighted by atomic mass is 16.5. The number of hydrogen-bond donors (Lipinski definition) is 1. The summed E-state index contributed by atoms with van der Waals surface area (Å²) in [4.78, 5) is 22.3. The highest BCUT2D eigenvalue weighted by Crippen LogP contribution is 2.17. The molecule has 120 valence electrons.